The first kappa shape index (κ1) is 12.8. The maximum absolute atomic E-state index is 13.6. The minimum atomic E-state index is -0.112. The van der Waals surface area contributed by atoms with Crippen LogP contribution in [0.4, 0.5) is 4.39 Å². The van der Waals surface area contributed by atoms with Gasteiger partial charge in [0.05, 0.1) is 0 Å². The minimum absolute atomic E-state index is 0.112. The summed E-state index contributed by atoms with van der Waals surface area (Å²) < 4.78 is 13.6. The fourth-order valence-electron chi connectivity index (χ4n) is 2.05. The first-order chi connectivity index (χ1) is 8.74. The van der Waals surface area contributed by atoms with Crippen LogP contribution in [0.5, 0.6) is 0 Å². The smallest absolute Gasteiger partial charge is 0.126 e. The normalized spacial score (nSPS) is 10.6. The fourth-order valence-corrected chi connectivity index (χ4v) is 2.05. The average molecular weight is 243 g/mol. The average Bonchev–Trinajstić information content (AvgIpc) is 2.42. The van der Waals surface area contributed by atoms with Crippen molar-refractivity contribution in [3.63, 3.8) is 0 Å². The van der Waals surface area contributed by atoms with E-state index in [4.69, 9.17) is 5.73 Å². The molecule has 2 aromatic rings. The molecule has 1 nitrogen and oxygen atoms in total. The zero-order chi connectivity index (χ0) is 13.0. The van der Waals surface area contributed by atoms with E-state index in [1.807, 2.05) is 36.4 Å². The van der Waals surface area contributed by atoms with Gasteiger partial charge in [0, 0.05) is 6.54 Å². The van der Waals surface area contributed by atoms with Crippen LogP contribution in [0.3, 0.4) is 0 Å². The number of benzene rings is 2. The summed E-state index contributed by atoms with van der Waals surface area (Å²) in [6, 6.07) is 13.4. The van der Waals surface area contributed by atoms with Gasteiger partial charge in [-0.3, -0.25) is 0 Å². The molecule has 0 heterocycles. The lowest BCUT2D eigenvalue weighted by Crippen LogP contribution is -1.95. The molecule has 18 heavy (non-hydrogen) atoms. The van der Waals surface area contributed by atoms with Crippen molar-refractivity contribution in [2.24, 2.45) is 5.73 Å². The predicted molar refractivity (Wildman–Crippen MR) is 73.7 cm³/mol. The zero-order valence-electron chi connectivity index (χ0n) is 10.6. The molecule has 0 spiro atoms. The summed E-state index contributed by atoms with van der Waals surface area (Å²) in [5.41, 5.74) is 9.63. The highest BCUT2D eigenvalue weighted by atomic mass is 19.1. The highest BCUT2D eigenvalue weighted by Gasteiger charge is 2.04. The molecule has 0 aliphatic rings. The molecule has 2 rings (SSSR count). The number of aryl methyl sites for hydroxylation is 1. The summed E-state index contributed by atoms with van der Waals surface area (Å²) in [5.74, 6) is -0.112. The fraction of sp³-hybridized carbons (Fsp3) is 0.250. The van der Waals surface area contributed by atoms with Crippen molar-refractivity contribution in [1.82, 2.24) is 0 Å². The number of rotatable bonds is 4. The second-order valence-corrected chi connectivity index (χ2v) is 4.46. The number of halogens is 1. The maximum atomic E-state index is 13.6. The lowest BCUT2D eigenvalue weighted by molar-refractivity contribution is 0.607. The Labute approximate surface area is 107 Å². The number of hydrogen-bond donors (Lipinski definition) is 1. The van der Waals surface area contributed by atoms with Gasteiger partial charge in [-0.1, -0.05) is 43.7 Å². The third-order valence-corrected chi connectivity index (χ3v) is 3.09. The topological polar surface area (TPSA) is 26.0 Å². The molecule has 2 heteroatoms. The summed E-state index contributed by atoms with van der Waals surface area (Å²) in [6.07, 6.45) is 1.73. The largest absolute Gasteiger partial charge is 0.326 e. The summed E-state index contributed by atoms with van der Waals surface area (Å²) in [7, 11) is 0. The summed E-state index contributed by atoms with van der Waals surface area (Å²) in [6.45, 7) is 2.60. The first-order valence-electron chi connectivity index (χ1n) is 6.32. The Morgan fingerprint density at radius 2 is 1.67 bits per heavy atom. The highest BCUT2D eigenvalue weighted by molar-refractivity contribution is 5.64. The van der Waals surface area contributed by atoms with Crippen molar-refractivity contribution < 1.29 is 4.39 Å². The summed E-state index contributed by atoms with van der Waals surface area (Å²) >= 11 is 0. The van der Waals surface area contributed by atoms with Gasteiger partial charge in [0.15, 0.2) is 0 Å². The van der Waals surface area contributed by atoms with Crippen LogP contribution in [0.2, 0.25) is 0 Å². The Hall–Kier alpha value is -1.67. The summed E-state index contributed by atoms with van der Waals surface area (Å²) in [4.78, 5) is 0. The molecule has 0 aliphatic heterocycles. The molecule has 0 aromatic heterocycles. The molecule has 2 N–H and O–H groups in total. The second-order valence-electron chi connectivity index (χ2n) is 4.46. The van der Waals surface area contributed by atoms with Gasteiger partial charge < -0.3 is 5.73 Å². The highest BCUT2D eigenvalue weighted by Crippen LogP contribution is 2.23. The van der Waals surface area contributed by atoms with E-state index in [1.165, 1.54) is 0 Å². The van der Waals surface area contributed by atoms with E-state index in [1.54, 1.807) is 6.07 Å². The Balaban J connectivity index is 2.34. The molecule has 0 atom stereocenters. The Morgan fingerprint density at radius 1 is 1.00 bits per heavy atom. The van der Waals surface area contributed by atoms with Gasteiger partial charge in [-0.05, 0) is 40.8 Å². The molecule has 0 fully saturated rings. The Morgan fingerprint density at radius 3 is 2.28 bits per heavy atom. The van der Waals surface area contributed by atoms with E-state index in [-0.39, 0.29) is 5.82 Å². The third-order valence-electron chi connectivity index (χ3n) is 3.09. The van der Waals surface area contributed by atoms with Crippen molar-refractivity contribution in [3.05, 3.63) is 59.4 Å². The molecule has 0 radical (unpaired) electrons. The van der Waals surface area contributed by atoms with Crippen LogP contribution in [-0.2, 0) is 13.0 Å². The third kappa shape index (κ3) is 2.77. The molecular formula is C16H18FN. The van der Waals surface area contributed by atoms with Gasteiger partial charge in [-0.2, -0.15) is 0 Å². The Kier molecular flexibility index (Phi) is 4.11. The molecule has 0 aliphatic carbocycles. The maximum Gasteiger partial charge on any atom is 0.126 e. The van der Waals surface area contributed by atoms with Crippen LogP contribution in [0, 0.1) is 5.82 Å². The van der Waals surface area contributed by atoms with Gasteiger partial charge in [-0.25, -0.2) is 4.39 Å². The van der Waals surface area contributed by atoms with E-state index >= 15 is 0 Å². The van der Waals surface area contributed by atoms with Crippen LogP contribution >= 0.6 is 0 Å². The van der Waals surface area contributed by atoms with Crippen molar-refractivity contribution in [1.29, 1.82) is 0 Å². The van der Waals surface area contributed by atoms with Crippen molar-refractivity contribution in [3.8, 4) is 11.1 Å². The van der Waals surface area contributed by atoms with E-state index < -0.39 is 0 Å². The number of hydrogen-bond acceptors (Lipinski definition) is 1. The lowest BCUT2D eigenvalue weighted by Gasteiger charge is -2.07. The standard InChI is InChI=1S/C16H18FN/c1-2-3-15-10-14(8-9-16(15)17)13-6-4-12(11-18)5-7-13/h4-10H,2-3,11,18H2,1H3. The molecule has 0 bridgehead atoms. The van der Waals surface area contributed by atoms with Crippen molar-refractivity contribution in [2.45, 2.75) is 26.3 Å². The molecule has 0 saturated carbocycles. The molecular weight excluding hydrogens is 225 g/mol. The van der Waals surface area contributed by atoms with E-state index in [0.717, 1.165) is 35.1 Å². The molecule has 94 valence electrons. The van der Waals surface area contributed by atoms with Crippen LogP contribution in [-0.4, -0.2) is 0 Å². The Bertz CT molecular complexity index is 517. The molecule has 2 aromatic carbocycles. The van der Waals surface area contributed by atoms with Crippen LogP contribution < -0.4 is 5.73 Å². The van der Waals surface area contributed by atoms with E-state index in [9.17, 15) is 4.39 Å². The molecule has 0 saturated heterocycles. The quantitative estimate of drug-likeness (QED) is 0.865. The monoisotopic (exact) mass is 243 g/mol. The predicted octanol–water partition coefficient (Wildman–Crippen LogP) is 3.90. The van der Waals surface area contributed by atoms with Gasteiger partial charge in [0.25, 0.3) is 0 Å². The van der Waals surface area contributed by atoms with Gasteiger partial charge in [0.1, 0.15) is 5.82 Å². The van der Waals surface area contributed by atoms with E-state index in [2.05, 4.69) is 6.92 Å². The first-order valence-corrected chi connectivity index (χ1v) is 6.32. The molecule has 0 unspecified atom stereocenters. The van der Waals surface area contributed by atoms with Crippen LogP contribution in [0.25, 0.3) is 11.1 Å². The second kappa shape index (κ2) is 5.78. The van der Waals surface area contributed by atoms with Gasteiger partial charge >= 0.3 is 0 Å². The van der Waals surface area contributed by atoms with Gasteiger partial charge in [-0.15, -0.1) is 0 Å². The summed E-state index contributed by atoms with van der Waals surface area (Å²) in [5, 5.41) is 0. The molecule has 0 amide bonds. The van der Waals surface area contributed by atoms with Crippen molar-refractivity contribution in [2.75, 3.05) is 0 Å². The number of nitrogens with two attached hydrogens (primary N) is 1. The zero-order valence-corrected chi connectivity index (χ0v) is 10.6. The van der Waals surface area contributed by atoms with Crippen molar-refractivity contribution >= 4 is 0 Å². The van der Waals surface area contributed by atoms with Crippen LogP contribution in [0.1, 0.15) is 24.5 Å². The SMILES string of the molecule is CCCc1cc(-c2ccc(CN)cc2)ccc1F. The van der Waals surface area contributed by atoms with E-state index in [0.29, 0.717) is 6.54 Å². The minimum Gasteiger partial charge on any atom is -0.326 e. The van der Waals surface area contributed by atoms with Gasteiger partial charge in [0.2, 0.25) is 0 Å². The lowest BCUT2D eigenvalue weighted by atomic mass is 10.00. The van der Waals surface area contributed by atoms with Crippen LogP contribution in [0.15, 0.2) is 42.5 Å².